The van der Waals surface area contributed by atoms with E-state index < -0.39 is 16.0 Å². The predicted octanol–water partition coefficient (Wildman–Crippen LogP) is 3.81. The number of carbonyl (C=O) groups excluding carboxylic acids is 1. The van der Waals surface area contributed by atoms with Crippen LogP contribution in [-0.2, 0) is 23.1 Å². The van der Waals surface area contributed by atoms with Crippen LogP contribution in [0, 0.1) is 5.41 Å². The number of carboxylic acid groups (broad SMARTS) is 1. The van der Waals surface area contributed by atoms with Gasteiger partial charge in [-0.15, -0.1) is 0 Å². The number of rotatable bonds is 8. The number of nitrogens with two attached hydrogens (primary N) is 1. The Morgan fingerprint density at radius 3 is 2.14 bits per heavy atom. The van der Waals surface area contributed by atoms with Crippen molar-refractivity contribution in [1.82, 2.24) is 14.3 Å². The molecule has 0 saturated carbocycles. The molecule has 1 aliphatic carbocycles. The van der Waals surface area contributed by atoms with E-state index in [2.05, 4.69) is 9.97 Å². The molecule has 11 heteroatoms. The molecule has 0 amide bonds. The zero-order valence-electron chi connectivity index (χ0n) is 22.6. The summed E-state index contributed by atoms with van der Waals surface area (Å²) in [5.41, 5.74) is 8.56. The van der Waals surface area contributed by atoms with Crippen molar-refractivity contribution in [3.05, 3.63) is 126 Å². The molecule has 10 nitrogen and oxygen atoms in total. The lowest BCUT2D eigenvalue weighted by Crippen LogP contribution is -2.34. The molecule has 0 bridgehead atoms. The van der Waals surface area contributed by atoms with Crippen LogP contribution in [0.5, 0.6) is 0 Å². The van der Waals surface area contributed by atoms with Gasteiger partial charge in [-0.2, -0.15) is 4.31 Å². The number of carboxylic acids is 1. The highest BCUT2D eigenvalue weighted by atomic mass is 32.2. The smallest absolute Gasteiger partial charge is 0.249 e. The highest BCUT2D eigenvalue weighted by molar-refractivity contribution is 7.89. The quantitative estimate of drug-likeness (QED) is 0.199. The van der Waals surface area contributed by atoms with E-state index >= 15 is 0 Å². The van der Waals surface area contributed by atoms with Crippen molar-refractivity contribution >= 4 is 32.6 Å². The monoisotopic (exact) mass is 590 g/mol. The molecule has 0 fully saturated rings. The average Bonchev–Trinajstić information content (AvgIpc) is 3.00. The molecule has 0 saturated heterocycles. The number of nitrogen functional groups attached to an aromatic ring is 1. The number of carbonyl (C=O) groups is 1. The lowest BCUT2D eigenvalue weighted by atomic mass is 9.90. The standard InChI is InChI=1S/C32H25N5O5S/c33-20-11-12-25-28(17-20)42-30-26(29(25)23-9-1-2-10-24(23)32(38)39)13-14-27(34)31(30)43(40,41)37(18-21-7-3-5-15-35-21)19-22-8-4-6-16-36-22/h1-17,34H,18-19,33H2,(H,38,39)/p-1. The normalized spacial score (nSPS) is 11.7. The van der Waals surface area contributed by atoms with Crippen LogP contribution in [0.2, 0.25) is 0 Å². The summed E-state index contributed by atoms with van der Waals surface area (Å²) in [6, 6.07) is 24.5. The molecule has 0 radical (unpaired) electrons. The van der Waals surface area contributed by atoms with Crippen LogP contribution in [0.25, 0.3) is 33.4 Å². The number of fused-ring (bicyclic) bond motifs is 2. The fourth-order valence-electron chi connectivity index (χ4n) is 5.07. The first-order chi connectivity index (χ1) is 20.7. The van der Waals surface area contributed by atoms with E-state index in [1.165, 1.54) is 22.5 Å². The van der Waals surface area contributed by atoms with Gasteiger partial charge in [0.25, 0.3) is 0 Å². The largest absolute Gasteiger partial charge is 0.545 e. The first-order valence-electron chi connectivity index (χ1n) is 13.2. The molecule has 2 aromatic carbocycles. The number of sulfonamides is 1. The number of nitrogens with zero attached hydrogens (tertiary/aromatic N) is 3. The van der Waals surface area contributed by atoms with Gasteiger partial charge in [0.1, 0.15) is 5.58 Å². The van der Waals surface area contributed by atoms with Crippen molar-refractivity contribution in [3.8, 4) is 22.5 Å². The Labute approximate surface area is 246 Å². The van der Waals surface area contributed by atoms with Gasteiger partial charge >= 0.3 is 0 Å². The van der Waals surface area contributed by atoms with Gasteiger partial charge in [-0.25, -0.2) is 8.42 Å². The maximum atomic E-state index is 14.6. The Kier molecular flexibility index (Phi) is 7.18. The molecule has 3 N–H and O–H groups in total. The second kappa shape index (κ2) is 11.1. The average molecular weight is 591 g/mol. The predicted molar refractivity (Wildman–Crippen MR) is 158 cm³/mol. The number of aromatic carboxylic acids is 1. The third-order valence-corrected chi connectivity index (χ3v) is 8.87. The second-order valence-electron chi connectivity index (χ2n) is 9.80. The third kappa shape index (κ3) is 5.23. The minimum absolute atomic E-state index is 0.0839. The van der Waals surface area contributed by atoms with Crippen LogP contribution in [0.1, 0.15) is 21.7 Å². The van der Waals surface area contributed by atoms with Crippen molar-refractivity contribution in [2.75, 3.05) is 5.73 Å². The van der Waals surface area contributed by atoms with E-state index in [1.807, 2.05) is 0 Å². The number of anilines is 1. The molecule has 3 heterocycles. The third-order valence-electron chi connectivity index (χ3n) is 7.01. The van der Waals surface area contributed by atoms with Gasteiger partial charge in [0.15, 0.2) is 10.7 Å². The Bertz CT molecular complexity index is 2070. The zero-order valence-corrected chi connectivity index (χ0v) is 23.4. The van der Waals surface area contributed by atoms with E-state index in [0.29, 0.717) is 39.2 Å². The molecular formula is C32H24N5O5S-. The highest BCUT2D eigenvalue weighted by Gasteiger charge is 2.34. The maximum absolute atomic E-state index is 14.6. The molecule has 2 aliphatic rings. The topological polar surface area (TPSA) is 166 Å². The van der Waals surface area contributed by atoms with Crippen LogP contribution in [0.4, 0.5) is 5.69 Å². The number of hydrogen-bond donors (Lipinski definition) is 2. The Morgan fingerprint density at radius 1 is 0.860 bits per heavy atom. The van der Waals surface area contributed by atoms with Gasteiger partial charge in [0.2, 0.25) is 10.0 Å². The Balaban J connectivity index is 1.63. The van der Waals surface area contributed by atoms with Crippen molar-refractivity contribution in [2.45, 2.75) is 18.0 Å². The summed E-state index contributed by atoms with van der Waals surface area (Å²) in [7, 11) is -4.45. The van der Waals surface area contributed by atoms with Crippen LogP contribution < -0.4 is 16.2 Å². The van der Waals surface area contributed by atoms with E-state index in [0.717, 1.165) is 0 Å². The summed E-state index contributed by atoms with van der Waals surface area (Å²) in [4.78, 5) is 20.4. The van der Waals surface area contributed by atoms with Crippen molar-refractivity contribution in [1.29, 1.82) is 5.41 Å². The highest BCUT2D eigenvalue weighted by Crippen LogP contribution is 2.44. The lowest BCUT2D eigenvalue weighted by molar-refractivity contribution is -0.254. The van der Waals surface area contributed by atoms with Gasteiger partial charge in [0, 0.05) is 46.2 Å². The maximum Gasteiger partial charge on any atom is 0.249 e. The van der Waals surface area contributed by atoms with Crippen LogP contribution in [-0.4, -0.2) is 28.7 Å². The number of hydrogen-bond acceptors (Lipinski definition) is 9. The zero-order chi connectivity index (χ0) is 30.1. The summed E-state index contributed by atoms with van der Waals surface area (Å²) in [5.74, 6) is -1.50. The van der Waals surface area contributed by atoms with E-state index in [-0.39, 0.29) is 40.2 Å². The van der Waals surface area contributed by atoms with Crippen LogP contribution in [0.3, 0.4) is 0 Å². The molecule has 6 rings (SSSR count). The Hall–Kier alpha value is -5.39. The number of aromatic nitrogens is 2. The molecule has 4 aromatic rings. The van der Waals surface area contributed by atoms with Crippen LogP contribution in [0.15, 0.2) is 113 Å². The molecule has 0 atom stereocenters. The minimum atomic E-state index is -4.45. The van der Waals surface area contributed by atoms with Gasteiger partial charge in [-0.3, -0.25) is 15.4 Å². The number of nitrogens with one attached hydrogen (secondary N) is 1. The summed E-state index contributed by atoms with van der Waals surface area (Å²) in [6.07, 6.45) is 3.14. The van der Waals surface area contributed by atoms with Crippen molar-refractivity contribution < 1.29 is 22.7 Å². The van der Waals surface area contributed by atoms with Gasteiger partial charge in [-0.05, 0) is 54.1 Å². The SMILES string of the molecule is N=c1ccc2c(-c3ccccc3C(=O)[O-])c3ccc(N)cc3oc-2c1S(=O)(=O)N(Cc1ccccn1)Cc1ccccn1. The first kappa shape index (κ1) is 27.8. The molecule has 0 unspecified atom stereocenters. The van der Waals surface area contributed by atoms with Crippen molar-refractivity contribution in [2.24, 2.45) is 0 Å². The van der Waals surface area contributed by atoms with Crippen molar-refractivity contribution in [3.63, 3.8) is 0 Å². The van der Waals surface area contributed by atoms with Gasteiger partial charge < -0.3 is 20.1 Å². The summed E-state index contributed by atoms with van der Waals surface area (Å²) in [5, 5.41) is 21.1. The second-order valence-corrected chi connectivity index (χ2v) is 11.7. The van der Waals surface area contributed by atoms with Gasteiger partial charge in [0.05, 0.1) is 35.8 Å². The van der Waals surface area contributed by atoms with E-state index in [9.17, 15) is 18.3 Å². The summed E-state index contributed by atoms with van der Waals surface area (Å²) >= 11 is 0. The summed E-state index contributed by atoms with van der Waals surface area (Å²) in [6.45, 7) is -0.201. The molecular weight excluding hydrogens is 566 g/mol. The first-order valence-corrected chi connectivity index (χ1v) is 14.6. The Morgan fingerprint density at radius 2 is 1.51 bits per heavy atom. The lowest BCUT2D eigenvalue weighted by Gasteiger charge is -2.25. The number of benzene rings is 3. The van der Waals surface area contributed by atoms with Crippen LogP contribution >= 0.6 is 0 Å². The molecule has 43 heavy (non-hydrogen) atoms. The molecule has 0 spiro atoms. The number of pyridine rings is 2. The molecule has 2 aromatic heterocycles. The molecule has 1 aliphatic heterocycles. The van der Waals surface area contributed by atoms with E-state index in [4.69, 9.17) is 15.6 Å². The minimum Gasteiger partial charge on any atom is -0.545 e. The molecule has 214 valence electrons. The fourth-order valence-corrected chi connectivity index (χ4v) is 6.67. The van der Waals surface area contributed by atoms with Gasteiger partial charge in [-0.1, -0.05) is 36.4 Å². The summed E-state index contributed by atoms with van der Waals surface area (Å²) < 4.78 is 36.6. The van der Waals surface area contributed by atoms with E-state index in [1.54, 1.807) is 85.2 Å². The fraction of sp³-hybridized carbons (Fsp3) is 0.0625.